The SMILES string of the molecule is CC(C)(C)OC(=O)CC[C@@H](CO)NC(=O)[C@H]1CCCN1C(=O)C1=C[C@H]2OC(c3ccccc3)(c3ccccc3)O[C@H]2[C@H](OC(=O)c2ccccc2C=CC(=O)OCC(F)(F)F)C1. The summed E-state index contributed by atoms with van der Waals surface area (Å²) in [6, 6.07) is 22.5. The van der Waals surface area contributed by atoms with Crippen LogP contribution in [0.3, 0.4) is 0 Å². The molecule has 62 heavy (non-hydrogen) atoms. The molecule has 0 saturated carbocycles. The average molecular weight is 863 g/mol. The maximum absolute atomic E-state index is 14.5. The Morgan fingerprint density at radius 3 is 2.21 bits per heavy atom. The van der Waals surface area contributed by atoms with Gasteiger partial charge in [-0.2, -0.15) is 13.2 Å². The molecule has 6 rings (SSSR count). The van der Waals surface area contributed by atoms with Crippen molar-refractivity contribution in [1.29, 1.82) is 0 Å². The predicted molar refractivity (Wildman–Crippen MR) is 217 cm³/mol. The molecule has 2 amide bonds. The van der Waals surface area contributed by atoms with E-state index in [-0.39, 0.29) is 42.5 Å². The van der Waals surface area contributed by atoms with Gasteiger partial charge in [0.1, 0.15) is 30.0 Å². The van der Waals surface area contributed by atoms with E-state index in [9.17, 15) is 42.3 Å². The van der Waals surface area contributed by atoms with Crippen LogP contribution in [0.5, 0.6) is 0 Å². The Morgan fingerprint density at radius 2 is 1.58 bits per heavy atom. The molecule has 16 heteroatoms. The minimum absolute atomic E-state index is 0.0379. The summed E-state index contributed by atoms with van der Waals surface area (Å²) in [4.78, 5) is 68.1. The molecule has 3 aromatic carbocycles. The van der Waals surface area contributed by atoms with Gasteiger partial charge in [0.15, 0.2) is 6.61 Å². The van der Waals surface area contributed by atoms with E-state index < -0.39 is 90.9 Å². The molecule has 0 unspecified atom stereocenters. The Bertz CT molecular complexity index is 2110. The van der Waals surface area contributed by atoms with Gasteiger partial charge in [-0.15, -0.1) is 0 Å². The second kappa shape index (κ2) is 19.5. The van der Waals surface area contributed by atoms with Crippen LogP contribution in [0.4, 0.5) is 13.2 Å². The first-order valence-electron chi connectivity index (χ1n) is 20.3. The van der Waals surface area contributed by atoms with Gasteiger partial charge in [-0.3, -0.25) is 14.4 Å². The van der Waals surface area contributed by atoms with Crippen LogP contribution in [0, 0.1) is 0 Å². The zero-order chi connectivity index (χ0) is 44.7. The van der Waals surface area contributed by atoms with E-state index in [4.69, 9.17) is 18.9 Å². The molecule has 2 aliphatic heterocycles. The fourth-order valence-corrected chi connectivity index (χ4v) is 7.63. The topological polar surface area (TPSA) is 167 Å². The first-order chi connectivity index (χ1) is 29.5. The number of ether oxygens (including phenoxy) is 5. The monoisotopic (exact) mass is 862 g/mol. The average Bonchev–Trinajstić information content (AvgIpc) is 3.90. The number of aliphatic hydroxyl groups is 1. The van der Waals surface area contributed by atoms with Crippen LogP contribution in [0.25, 0.3) is 6.08 Å². The van der Waals surface area contributed by atoms with Crippen molar-refractivity contribution in [2.75, 3.05) is 19.8 Å². The van der Waals surface area contributed by atoms with Gasteiger partial charge in [-0.05, 0) is 63.8 Å². The smallest absolute Gasteiger partial charge is 0.422 e. The molecule has 0 spiro atoms. The summed E-state index contributed by atoms with van der Waals surface area (Å²) >= 11 is 0. The van der Waals surface area contributed by atoms with Crippen molar-refractivity contribution in [2.45, 2.75) is 101 Å². The zero-order valence-corrected chi connectivity index (χ0v) is 34.5. The fourth-order valence-electron chi connectivity index (χ4n) is 7.63. The van der Waals surface area contributed by atoms with Gasteiger partial charge in [0.05, 0.1) is 18.2 Å². The second-order valence-electron chi connectivity index (χ2n) is 16.2. The highest BCUT2D eigenvalue weighted by atomic mass is 19.4. The molecule has 2 fully saturated rings. The number of carbonyl (C=O) groups is 5. The number of alkyl halides is 3. The molecular formula is C46H49F3N2O11. The number of nitrogens with one attached hydrogen (secondary N) is 1. The summed E-state index contributed by atoms with van der Waals surface area (Å²) in [7, 11) is 0. The highest BCUT2D eigenvalue weighted by Crippen LogP contribution is 2.47. The van der Waals surface area contributed by atoms with E-state index in [0.717, 1.165) is 12.2 Å². The Hall–Kier alpha value is -5.84. The maximum atomic E-state index is 14.5. The van der Waals surface area contributed by atoms with E-state index in [2.05, 4.69) is 10.1 Å². The number of esters is 3. The minimum Gasteiger partial charge on any atom is -0.460 e. The third-order valence-electron chi connectivity index (χ3n) is 10.4. The minimum atomic E-state index is -4.72. The van der Waals surface area contributed by atoms with E-state index >= 15 is 0 Å². The number of hydrogen-bond donors (Lipinski definition) is 2. The quantitative estimate of drug-likeness (QED) is 0.112. The lowest BCUT2D eigenvalue weighted by molar-refractivity contribution is -0.182. The largest absolute Gasteiger partial charge is 0.460 e. The number of fused-ring (bicyclic) bond motifs is 1. The van der Waals surface area contributed by atoms with Crippen LogP contribution < -0.4 is 5.32 Å². The summed E-state index contributed by atoms with van der Waals surface area (Å²) in [5, 5.41) is 12.8. The predicted octanol–water partition coefficient (Wildman–Crippen LogP) is 5.94. The van der Waals surface area contributed by atoms with Gasteiger partial charge in [0.25, 0.3) is 0 Å². The normalized spacial score (nSPS) is 21.4. The maximum Gasteiger partial charge on any atom is 0.422 e. The molecule has 5 atom stereocenters. The zero-order valence-electron chi connectivity index (χ0n) is 34.5. The van der Waals surface area contributed by atoms with Gasteiger partial charge >= 0.3 is 24.1 Å². The summed E-state index contributed by atoms with van der Waals surface area (Å²) in [6.45, 7) is 3.21. The van der Waals surface area contributed by atoms with Crippen molar-refractivity contribution < 1.29 is 65.9 Å². The lowest BCUT2D eigenvalue weighted by Gasteiger charge is -2.33. The highest BCUT2D eigenvalue weighted by molar-refractivity contribution is 5.98. The van der Waals surface area contributed by atoms with Gasteiger partial charge in [0, 0.05) is 42.2 Å². The van der Waals surface area contributed by atoms with Crippen LogP contribution in [-0.4, -0.2) is 102 Å². The molecule has 0 aromatic heterocycles. The molecule has 2 saturated heterocycles. The number of aliphatic hydroxyl groups excluding tert-OH is 1. The fraction of sp³-hybridized carbons (Fsp3) is 0.413. The molecule has 1 aliphatic carbocycles. The summed E-state index contributed by atoms with van der Waals surface area (Å²) in [5.41, 5.74) is 0.847. The molecule has 3 aromatic rings. The molecule has 3 aliphatic rings. The number of hydrogen-bond acceptors (Lipinski definition) is 11. The number of halogens is 3. The van der Waals surface area contributed by atoms with Gasteiger partial charge in [-0.25, -0.2) is 9.59 Å². The number of rotatable bonds is 14. The lowest BCUT2D eigenvalue weighted by atomic mass is 9.91. The number of amides is 2. The van der Waals surface area contributed by atoms with Gasteiger partial charge in [0.2, 0.25) is 17.6 Å². The van der Waals surface area contributed by atoms with E-state index in [1.165, 1.54) is 23.1 Å². The van der Waals surface area contributed by atoms with Crippen molar-refractivity contribution in [3.8, 4) is 0 Å². The van der Waals surface area contributed by atoms with Crippen molar-refractivity contribution in [1.82, 2.24) is 10.2 Å². The van der Waals surface area contributed by atoms with E-state index in [1.807, 2.05) is 60.7 Å². The number of nitrogens with zero attached hydrogens (tertiary/aromatic N) is 1. The summed E-state index contributed by atoms with van der Waals surface area (Å²) in [5.74, 6) is -5.15. The first kappa shape index (κ1) is 45.7. The standard InChI is InChI=1S/C46H49F3N2O11/c1-44(2,3)61-39(54)23-21-33(27-52)50-41(55)35-19-12-24-51(35)42(56)30-25-36(59-43(57)34-18-11-10-13-29(34)20-22-38(53)58-28-45(47,48)49)40-37(26-30)60-46(62-40,31-14-6-4-7-15-31)32-16-8-5-9-17-32/h4-11,13-18,20,22,26,33,35-37,40,52H,12,19,21,23-25,27-28H2,1-3H3,(H,50,55)/t33-,35+,36+,37+,40-/m0/s1. The summed E-state index contributed by atoms with van der Waals surface area (Å²) in [6.07, 6.45) is -3.53. The number of carbonyl (C=O) groups excluding carboxylic acids is 5. The number of likely N-dealkylation sites (tertiary alicyclic amines) is 1. The number of benzene rings is 3. The molecular weight excluding hydrogens is 814 g/mol. The van der Waals surface area contributed by atoms with E-state index in [0.29, 0.717) is 24.0 Å². The molecule has 2 heterocycles. The van der Waals surface area contributed by atoms with Gasteiger partial charge in [-0.1, -0.05) is 78.9 Å². The Kier molecular flexibility index (Phi) is 14.3. The van der Waals surface area contributed by atoms with Crippen LogP contribution in [0.1, 0.15) is 79.9 Å². The molecule has 13 nitrogen and oxygen atoms in total. The molecule has 2 N–H and O–H groups in total. The van der Waals surface area contributed by atoms with E-state index in [1.54, 1.807) is 32.9 Å². The van der Waals surface area contributed by atoms with Crippen molar-refractivity contribution in [2.24, 2.45) is 0 Å². The first-order valence-corrected chi connectivity index (χ1v) is 20.3. The molecule has 0 bridgehead atoms. The van der Waals surface area contributed by atoms with Crippen LogP contribution in [0.15, 0.2) is 103 Å². The molecule has 0 radical (unpaired) electrons. The van der Waals surface area contributed by atoms with Crippen LogP contribution >= 0.6 is 0 Å². The Morgan fingerprint density at radius 1 is 0.935 bits per heavy atom. The highest BCUT2D eigenvalue weighted by Gasteiger charge is 2.55. The summed E-state index contributed by atoms with van der Waals surface area (Å²) < 4.78 is 67.2. The second-order valence-corrected chi connectivity index (χ2v) is 16.2. The van der Waals surface area contributed by atoms with Crippen molar-refractivity contribution in [3.63, 3.8) is 0 Å². The van der Waals surface area contributed by atoms with Crippen molar-refractivity contribution >= 4 is 35.8 Å². The molecule has 330 valence electrons. The third kappa shape index (κ3) is 11.3. The third-order valence-corrected chi connectivity index (χ3v) is 10.4. The Labute approximate surface area is 356 Å². The van der Waals surface area contributed by atoms with Gasteiger partial charge < -0.3 is 39.0 Å². The van der Waals surface area contributed by atoms with Crippen LogP contribution in [-0.2, 0) is 48.6 Å². The lowest BCUT2D eigenvalue weighted by Crippen LogP contribution is -2.51. The Balaban J connectivity index is 1.27. The van der Waals surface area contributed by atoms with Crippen LogP contribution in [0.2, 0.25) is 0 Å². The van der Waals surface area contributed by atoms with Crippen molar-refractivity contribution in [3.05, 3.63) is 125 Å².